The highest BCUT2D eigenvalue weighted by Crippen LogP contribution is 2.31. The number of rotatable bonds is 9. The zero-order valence-electron chi connectivity index (χ0n) is 21.0. The van der Waals surface area contributed by atoms with E-state index in [1.54, 1.807) is 0 Å². The number of benzene rings is 1. The molecule has 34 heavy (non-hydrogen) atoms. The number of pyridine rings is 1. The van der Waals surface area contributed by atoms with Gasteiger partial charge in [-0.05, 0) is 71.0 Å². The summed E-state index contributed by atoms with van der Waals surface area (Å²) in [4.78, 5) is 31.0. The number of aryl methyl sites for hydroxylation is 1. The van der Waals surface area contributed by atoms with E-state index in [1.807, 2.05) is 38.1 Å². The van der Waals surface area contributed by atoms with Crippen molar-refractivity contribution < 1.29 is 4.79 Å². The second kappa shape index (κ2) is 11.8. The first-order valence-corrected chi connectivity index (χ1v) is 12.9. The van der Waals surface area contributed by atoms with Crippen molar-refractivity contribution in [3.8, 4) is 0 Å². The van der Waals surface area contributed by atoms with E-state index < -0.39 is 0 Å². The molecule has 184 valence electrons. The number of nitrogens with zero attached hydrogens (tertiary/aromatic N) is 1. The molecule has 0 unspecified atom stereocenters. The molecule has 1 aromatic heterocycles. The summed E-state index contributed by atoms with van der Waals surface area (Å²) in [5, 5.41) is 6.69. The lowest BCUT2D eigenvalue weighted by molar-refractivity contribution is 0.0950. The Kier molecular flexibility index (Phi) is 9.14. The van der Waals surface area contributed by atoms with E-state index in [0.29, 0.717) is 23.7 Å². The second-order valence-electron chi connectivity index (χ2n) is 9.59. The third-order valence-corrected chi connectivity index (χ3v) is 6.79. The standard InChI is InChI=1S/C27H37BrN4O2/c1-6-17(2)11-22-23(13-20(28)14-25(22)31-21-9-7-8-10-21)26(33)29-15-24-19(16-32(4)5)12-18(3)30-27(24)34/h11-14,21,31H,6-10,15-16H2,1-5H3,(H,29,33)(H,30,34)/b17-11+. The number of halogens is 1. The maximum Gasteiger partial charge on any atom is 0.253 e. The molecule has 0 bridgehead atoms. The van der Waals surface area contributed by atoms with E-state index >= 15 is 0 Å². The number of amides is 1. The fourth-order valence-electron chi connectivity index (χ4n) is 4.44. The van der Waals surface area contributed by atoms with Crippen LogP contribution in [0.3, 0.4) is 0 Å². The number of anilines is 1. The lowest BCUT2D eigenvalue weighted by Crippen LogP contribution is -2.30. The van der Waals surface area contributed by atoms with Crippen LogP contribution in [0.15, 0.2) is 33.0 Å². The second-order valence-corrected chi connectivity index (χ2v) is 10.5. The summed E-state index contributed by atoms with van der Waals surface area (Å²) in [7, 11) is 3.93. The molecule has 2 aromatic rings. The highest BCUT2D eigenvalue weighted by atomic mass is 79.9. The van der Waals surface area contributed by atoms with Crippen molar-refractivity contribution in [1.29, 1.82) is 0 Å². The highest BCUT2D eigenvalue weighted by Gasteiger charge is 2.20. The van der Waals surface area contributed by atoms with E-state index in [0.717, 1.165) is 46.2 Å². The summed E-state index contributed by atoms with van der Waals surface area (Å²) in [6.45, 7) is 6.88. The van der Waals surface area contributed by atoms with Gasteiger partial charge in [0.15, 0.2) is 0 Å². The summed E-state index contributed by atoms with van der Waals surface area (Å²) in [6.07, 6.45) is 7.78. The van der Waals surface area contributed by atoms with Gasteiger partial charge >= 0.3 is 0 Å². The number of allylic oxidation sites excluding steroid dienone is 1. The van der Waals surface area contributed by atoms with E-state index in [2.05, 4.69) is 57.5 Å². The van der Waals surface area contributed by atoms with Crippen molar-refractivity contribution in [3.05, 3.63) is 66.5 Å². The Morgan fingerprint density at radius 3 is 2.59 bits per heavy atom. The molecule has 1 aliphatic rings. The Balaban J connectivity index is 1.94. The largest absolute Gasteiger partial charge is 0.382 e. The van der Waals surface area contributed by atoms with Crippen LogP contribution in [0.2, 0.25) is 0 Å². The molecule has 1 saturated carbocycles. The maximum absolute atomic E-state index is 13.5. The smallest absolute Gasteiger partial charge is 0.253 e. The van der Waals surface area contributed by atoms with E-state index in [-0.39, 0.29) is 18.0 Å². The molecule has 1 heterocycles. The van der Waals surface area contributed by atoms with Gasteiger partial charge in [0, 0.05) is 51.7 Å². The first-order chi connectivity index (χ1) is 16.2. The summed E-state index contributed by atoms with van der Waals surface area (Å²) in [5.74, 6) is -0.193. The molecule has 1 fully saturated rings. The third kappa shape index (κ3) is 6.83. The van der Waals surface area contributed by atoms with E-state index in [4.69, 9.17) is 0 Å². The number of nitrogens with one attached hydrogen (secondary N) is 3. The van der Waals surface area contributed by atoms with Crippen LogP contribution in [-0.2, 0) is 13.1 Å². The molecule has 1 aromatic carbocycles. The van der Waals surface area contributed by atoms with Gasteiger partial charge in [0.1, 0.15) is 0 Å². The van der Waals surface area contributed by atoms with Gasteiger partial charge in [-0.2, -0.15) is 0 Å². The molecule has 3 N–H and O–H groups in total. The number of aromatic nitrogens is 1. The molecule has 6 nitrogen and oxygen atoms in total. The Hall–Kier alpha value is -2.38. The van der Waals surface area contributed by atoms with Crippen LogP contribution < -0.4 is 16.2 Å². The molecule has 3 rings (SSSR count). The van der Waals surface area contributed by atoms with Crippen molar-refractivity contribution in [1.82, 2.24) is 15.2 Å². The minimum atomic E-state index is -0.193. The van der Waals surface area contributed by atoms with E-state index in [9.17, 15) is 9.59 Å². The molecule has 1 aliphatic carbocycles. The summed E-state index contributed by atoms with van der Waals surface area (Å²) in [5.41, 5.74) is 5.85. The van der Waals surface area contributed by atoms with Gasteiger partial charge in [-0.25, -0.2) is 0 Å². The Labute approximate surface area is 211 Å². The molecule has 7 heteroatoms. The van der Waals surface area contributed by atoms with Crippen LogP contribution in [0, 0.1) is 6.92 Å². The fraction of sp³-hybridized carbons (Fsp3) is 0.481. The molecular formula is C27H37BrN4O2. The predicted octanol–water partition coefficient (Wildman–Crippen LogP) is 5.61. The van der Waals surface area contributed by atoms with Crippen molar-refractivity contribution in [2.24, 2.45) is 0 Å². The van der Waals surface area contributed by atoms with Gasteiger partial charge in [0.2, 0.25) is 0 Å². The van der Waals surface area contributed by atoms with Crippen molar-refractivity contribution in [3.63, 3.8) is 0 Å². The van der Waals surface area contributed by atoms with Crippen LogP contribution in [0.1, 0.15) is 78.7 Å². The Morgan fingerprint density at radius 1 is 1.24 bits per heavy atom. The lowest BCUT2D eigenvalue weighted by atomic mass is 10.00. The first kappa shape index (κ1) is 26.2. The summed E-state index contributed by atoms with van der Waals surface area (Å²) in [6, 6.07) is 6.33. The number of carbonyl (C=O) groups is 1. The van der Waals surface area contributed by atoms with Crippen LogP contribution in [0.4, 0.5) is 5.69 Å². The number of H-pyrrole nitrogens is 1. The SMILES string of the molecule is CC/C(C)=C/c1c(NC2CCCC2)cc(Br)cc1C(=O)NCc1c(CN(C)C)cc(C)[nH]c1=O. The average Bonchev–Trinajstić information content (AvgIpc) is 3.27. The molecule has 0 radical (unpaired) electrons. The summed E-state index contributed by atoms with van der Waals surface area (Å²) < 4.78 is 0.853. The monoisotopic (exact) mass is 528 g/mol. The minimum absolute atomic E-state index is 0.156. The fourth-order valence-corrected chi connectivity index (χ4v) is 4.90. The van der Waals surface area contributed by atoms with Gasteiger partial charge in [0.05, 0.1) is 0 Å². The zero-order chi connectivity index (χ0) is 24.8. The normalized spacial score (nSPS) is 14.6. The van der Waals surface area contributed by atoms with Gasteiger partial charge in [0.25, 0.3) is 11.5 Å². The molecule has 0 spiro atoms. The van der Waals surface area contributed by atoms with Crippen LogP contribution in [-0.4, -0.2) is 35.9 Å². The number of hydrogen-bond acceptors (Lipinski definition) is 4. The van der Waals surface area contributed by atoms with E-state index in [1.165, 1.54) is 18.4 Å². The van der Waals surface area contributed by atoms with Crippen molar-refractivity contribution in [2.75, 3.05) is 19.4 Å². The molecule has 0 aliphatic heterocycles. The summed E-state index contributed by atoms with van der Waals surface area (Å²) >= 11 is 3.60. The highest BCUT2D eigenvalue weighted by molar-refractivity contribution is 9.10. The van der Waals surface area contributed by atoms with Crippen molar-refractivity contribution in [2.45, 2.75) is 72.0 Å². The maximum atomic E-state index is 13.5. The number of aromatic amines is 1. The number of carbonyl (C=O) groups excluding carboxylic acids is 1. The van der Waals surface area contributed by atoms with Gasteiger partial charge in [-0.15, -0.1) is 0 Å². The topological polar surface area (TPSA) is 77.2 Å². The quantitative estimate of drug-likeness (QED) is 0.395. The van der Waals surface area contributed by atoms with Gasteiger partial charge in [-0.1, -0.05) is 47.3 Å². The number of hydrogen-bond donors (Lipinski definition) is 3. The van der Waals surface area contributed by atoms with Crippen LogP contribution in [0.5, 0.6) is 0 Å². The zero-order valence-corrected chi connectivity index (χ0v) is 22.6. The minimum Gasteiger partial charge on any atom is -0.382 e. The molecular weight excluding hydrogens is 492 g/mol. The van der Waals surface area contributed by atoms with Gasteiger partial charge in [-0.3, -0.25) is 9.59 Å². The van der Waals surface area contributed by atoms with Crippen LogP contribution >= 0.6 is 15.9 Å². The average molecular weight is 530 g/mol. The molecule has 0 saturated heterocycles. The predicted molar refractivity (Wildman–Crippen MR) is 144 cm³/mol. The Morgan fingerprint density at radius 2 is 1.94 bits per heavy atom. The van der Waals surface area contributed by atoms with Gasteiger partial charge < -0.3 is 20.5 Å². The molecule has 0 atom stereocenters. The third-order valence-electron chi connectivity index (χ3n) is 6.33. The first-order valence-electron chi connectivity index (χ1n) is 12.1. The Bertz CT molecular complexity index is 1110. The lowest BCUT2D eigenvalue weighted by Gasteiger charge is -2.20. The van der Waals surface area contributed by atoms with Crippen molar-refractivity contribution >= 4 is 33.6 Å². The van der Waals surface area contributed by atoms with Crippen LogP contribution in [0.25, 0.3) is 6.08 Å². The molecule has 1 amide bonds.